The van der Waals surface area contributed by atoms with Gasteiger partial charge in [-0.2, -0.15) is 11.8 Å². The SMILES string of the molecule is COc1c(CNO)cccc1OC1CCCSC1. The molecule has 2 N–H and O–H groups in total. The zero-order valence-corrected chi connectivity index (χ0v) is 11.3. The van der Waals surface area contributed by atoms with Crippen molar-refractivity contribution in [1.29, 1.82) is 0 Å². The molecule has 0 spiro atoms. The quantitative estimate of drug-likeness (QED) is 0.804. The monoisotopic (exact) mass is 269 g/mol. The van der Waals surface area contributed by atoms with Crippen molar-refractivity contribution in [2.45, 2.75) is 25.5 Å². The van der Waals surface area contributed by atoms with Crippen molar-refractivity contribution in [3.63, 3.8) is 0 Å². The number of rotatable bonds is 5. The molecule has 0 amide bonds. The number of benzene rings is 1. The van der Waals surface area contributed by atoms with Crippen molar-refractivity contribution in [3.05, 3.63) is 23.8 Å². The first-order valence-corrected chi connectivity index (χ1v) is 7.28. The molecule has 0 aliphatic carbocycles. The van der Waals surface area contributed by atoms with E-state index in [4.69, 9.17) is 14.7 Å². The molecule has 1 saturated heterocycles. The summed E-state index contributed by atoms with van der Waals surface area (Å²) in [6.45, 7) is 0.347. The van der Waals surface area contributed by atoms with E-state index in [9.17, 15) is 0 Å². The average Bonchev–Trinajstić information content (AvgIpc) is 2.41. The van der Waals surface area contributed by atoms with E-state index in [1.165, 1.54) is 12.2 Å². The minimum absolute atomic E-state index is 0.259. The molecule has 1 heterocycles. The van der Waals surface area contributed by atoms with Crippen LogP contribution in [0.3, 0.4) is 0 Å². The molecule has 100 valence electrons. The summed E-state index contributed by atoms with van der Waals surface area (Å²) in [7, 11) is 1.62. The van der Waals surface area contributed by atoms with Gasteiger partial charge in [-0.3, -0.25) is 0 Å². The van der Waals surface area contributed by atoms with Crippen LogP contribution >= 0.6 is 11.8 Å². The summed E-state index contributed by atoms with van der Waals surface area (Å²) < 4.78 is 11.4. The maximum atomic E-state index is 8.80. The predicted molar refractivity (Wildman–Crippen MR) is 72.6 cm³/mol. The van der Waals surface area contributed by atoms with E-state index in [1.54, 1.807) is 7.11 Å². The van der Waals surface area contributed by atoms with Gasteiger partial charge in [-0.1, -0.05) is 12.1 Å². The molecule has 1 unspecified atom stereocenters. The summed E-state index contributed by atoms with van der Waals surface area (Å²) in [6.07, 6.45) is 2.56. The van der Waals surface area contributed by atoms with E-state index in [-0.39, 0.29) is 6.10 Å². The second-order valence-corrected chi connectivity index (χ2v) is 5.39. The summed E-state index contributed by atoms with van der Waals surface area (Å²) in [5.41, 5.74) is 3.04. The highest BCUT2D eigenvalue weighted by atomic mass is 32.2. The number of methoxy groups -OCH3 is 1. The zero-order valence-electron chi connectivity index (χ0n) is 10.5. The lowest BCUT2D eigenvalue weighted by Crippen LogP contribution is -2.23. The fraction of sp³-hybridized carbons (Fsp3) is 0.538. The predicted octanol–water partition coefficient (Wildman–Crippen LogP) is 2.45. The molecule has 1 aliphatic heterocycles. The van der Waals surface area contributed by atoms with Gasteiger partial charge in [0.25, 0.3) is 0 Å². The van der Waals surface area contributed by atoms with Crippen LogP contribution in [-0.2, 0) is 6.54 Å². The van der Waals surface area contributed by atoms with Crippen molar-refractivity contribution in [3.8, 4) is 11.5 Å². The first kappa shape index (κ1) is 13.5. The van der Waals surface area contributed by atoms with Crippen LogP contribution in [0, 0.1) is 0 Å². The van der Waals surface area contributed by atoms with E-state index < -0.39 is 0 Å². The molecule has 18 heavy (non-hydrogen) atoms. The summed E-state index contributed by atoms with van der Waals surface area (Å²) in [4.78, 5) is 0. The Balaban J connectivity index is 2.12. The fourth-order valence-corrected chi connectivity index (χ4v) is 3.13. The molecule has 1 aromatic carbocycles. The lowest BCUT2D eigenvalue weighted by atomic mass is 10.1. The van der Waals surface area contributed by atoms with Gasteiger partial charge in [0.2, 0.25) is 0 Å². The van der Waals surface area contributed by atoms with Gasteiger partial charge in [0.1, 0.15) is 6.10 Å². The van der Waals surface area contributed by atoms with Gasteiger partial charge in [-0.25, -0.2) is 5.48 Å². The van der Waals surface area contributed by atoms with Crippen molar-refractivity contribution in [1.82, 2.24) is 5.48 Å². The Hall–Kier alpha value is -0.910. The standard InChI is InChI=1S/C13H19NO3S/c1-16-13-10(8-14-15)4-2-6-12(13)17-11-5-3-7-18-9-11/h2,4,6,11,14-15H,3,5,7-9H2,1H3. The lowest BCUT2D eigenvalue weighted by molar-refractivity contribution is 0.159. The molecular weight excluding hydrogens is 250 g/mol. The Morgan fingerprint density at radius 1 is 1.50 bits per heavy atom. The van der Waals surface area contributed by atoms with Crippen LogP contribution in [0.15, 0.2) is 18.2 Å². The van der Waals surface area contributed by atoms with Gasteiger partial charge in [0.05, 0.1) is 7.11 Å². The van der Waals surface area contributed by atoms with Gasteiger partial charge in [0, 0.05) is 17.9 Å². The molecule has 0 saturated carbocycles. The van der Waals surface area contributed by atoms with Crippen LogP contribution in [0.1, 0.15) is 18.4 Å². The Labute approximate surface area is 112 Å². The molecule has 4 nitrogen and oxygen atoms in total. The van der Waals surface area contributed by atoms with Crippen molar-refractivity contribution < 1.29 is 14.7 Å². The molecule has 1 atom stereocenters. The second kappa shape index (κ2) is 6.87. The maximum absolute atomic E-state index is 8.80. The number of hydroxylamine groups is 1. The smallest absolute Gasteiger partial charge is 0.165 e. The Bertz CT molecular complexity index is 380. The highest BCUT2D eigenvalue weighted by Gasteiger charge is 2.18. The third-order valence-electron chi connectivity index (χ3n) is 2.95. The van der Waals surface area contributed by atoms with E-state index in [0.717, 1.165) is 23.5 Å². The van der Waals surface area contributed by atoms with E-state index in [0.29, 0.717) is 12.3 Å². The Kier molecular flexibility index (Phi) is 5.16. The van der Waals surface area contributed by atoms with Gasteiger partial charge in [-0.15, -0.1) is 0 Å². The number of thioether (sulfide) groups is 1. The summed E-state index contributed by atoms with van der Waals surface area (Å²) in [5.74, 6) is 3.73. The minimum atomic E-state index is 0.259. The molecule has 5 heteroatoms. The molecule has 2 rings (SSSR count). The molecule has 0 radical (unpaired) electrons. The first-order valence-electron chi connectivity index (χ1n) is 6.12. The van der Waals surface area contributed by atoms with Crippen LogP contribution in [-0.4, -0.2) is 29.9 Å². The van der Waals surface area contributed by atoms with Crippen LogP contribution in [0.25, 0.3) is 0 Å². The minimum Gasteiger partial charge on any atom is -0.493 e. The van der Waals surface area contributed by atoms with Gasteiger partial charge >= 0.3 is 0 Å². The third-order valence-corrected chi connectivity index (χ3v) is 4.13. The second-order valence-electron chi connectivity index (χ2n) is 4.24. The highest BCUT2D eigenvalue weighted by Crippen LogP contribution is 2.33. The first-order chi connectivity index (χ1) is 8.85. The van der Waals surface area contributed by atoms with Crippen LogP contribution in [0.2, 0.25) is 0 Å². The van der Waals surface area contributed by atoms with Crippen molar-refractivity contribution in [2.24, 2.45) is 0 Å². The fourth-order valence-electron chi connectivity index (χ4n) is 2.09. The summed E-state index contributed by atoms with van der Waals surface area (Å²) >= 11 is 1.93. The van der Waals surface area contributed by atoms with Crippen molar-refractivity contribution in [2.75, 3.05) is 18.6 Å². The van der Waals surface area contributed by atoms with E-state index in [2.05, 4.69) is 5.48 Å². The van der Waals surface area contributed by atoms with Gasteiger partial charge < -0.3 is 14.7 Å². The summed E-state index contributed by atoms with van der Waals surface area (Å²) in [6, 6.07) is 5.74. The Morgan fingerprint density at radius 2 is 2.39 bits per heavy atom. The topological polar surface area (TPSA) is 50.7 Å². The zero-order chi connectivity index (χ0) is 12.8. The van der Waals surface area contributed by atoms with Gasteiger partial charge in [-0.05, 0) is 24.7 Å². The number of ether oxygens (including phenoxy) is 2. The molecule has 1 fully saturated rings. The normalized spacial score (nSPS) is 19.6. The molecule has 0 aromatic heterocycles. The molecule has 0 bridgehead atoms. The molecular formula is C13H19NO3S. The molecule has 1 aliphatic rings. The van der Waals surface area contributed by atoms with Crippen LogP contribution < -0.4 is 15.0 Å². The van der Waals surface area contributed by atoms with E-state index >= 15 is 0 Å². The average molecular weight is 269 g/mol. The number of nitrogens with one attached hydrogen (secondary N) is 1. The number of hydrogen-bond donors (Lipinski definition) is 2. The van der Waals surface area contributed by atoms with Crippen LogP contribution in [0.5, 0.6) is 11.5 Å². The highest BCUT2D eigenvalue weighted by molar-refractivity contribution is 7.99. The van der Waals surface area contributed by atoms with Crippen LogP contribution in [0.4, 0.5) is 0 Å². The number of hydrogen-bond acceptors (Lipinski definition) is 5. The third kappa shape index (κ3) is 3.31. The maximum Gasteiger partial charge on any atom is 0.165 e. The summed E-state index contributed by atoms with van der Waals surface area (Å²) in [5, 5.41) is 8.80. The lowest BCUT2D eigenvalue weighted by Gasteiger charge is -2.24. The van der Waals surface area contributed by atoms with E-state index in [1.807, 2.05) is 30.0 Å². The Morgan fingerprint density at radius 3 is 3.06 bits per heavy atom. The largest absolute Gasteiger partial charge is 0.493 e. The van der Waals surface area contributed by atoms with Crippen molar-refractivity contribution >= 4 is 11.8 Å². The number of para-hydroxylation sites is 1. The van der Waals surface area contributed by atoms with Gasteiger partial charge in [0.15, 0.2) is 11.5 Å². The molecule has 1 aromatic rings.